The van der Waals surface area contributed by atoms with E-state index in [2.05, 4.69) is 9.97 Å². The summed E-state index contributed by atoms with van der Waals surface area (Å²) in [7, 11) is 0. The van der Waals surface area contributed by atoms with Crippen molar-refractivity contribution in [3.63, 3.8) is 0 Å². The van der Waals surface area contributed by atoms with E-state index < -0.39 is 6.10 Å². The molecule has 1 atom stereocenters. The van der Waals surface area contributed by atoms with Crippen LogP contribution in [0.2, 0.25) is 0 Å². The van der Waals surface area contributed by atoms with Crippen molar-refractivity contribution in [2.75, 3.05) is 6.54 Å². The van der Waals surface area contributed by atoms with Gasteiger partial charge >= 0.3 is 0 Å². The molecule has 0 spiro atoms. The van der Waals surface area contributed by atoms with Crippen molar-refractivity contribution in [3.8, 4) is 0 Å². The molecular weight excluding hydrogens is 178 g/mol. The Morgan fingerprint density at radius 1 is 1.43 bits per heavy atom. The number of rotatable bonds is 3. The average Bonchev–Trinajstić information content (AvgIpc) is 2.61. The van der Waals surface area contributed by atoms with Crippen molar-refractivity contribution in [3.05, 3.63) is 30.1 Å². The van der Waals surface area contributed by atoms with Crippen LogP contribution in [0.15, 0.2) is 24.3 Å². The molecule has 0 radical (unpaired) electrons. The van der Waals surface area contributed by atoms with Crippen LogP contribution in [-0.4, -0.2) is 21.6 Å². The molecule has 0 aliphatic rings. The van der Waals surface area contributed by atoms with Gasteiger partial charge in [-0.15, -0.1) is 0 Å². The maximum absolute atomic E-state index is 9.65. The molecule has 0 fully saturated rings. The predicted octanol–water partition coefficient (Wildman–Crippen LogP) is 0.945. The lowest BCUT2D eigenvalue weighted by Gasteiger charge is -2.03. The average molecular weight is 191 g/mol. The molecule has 14 heavy (non-hydrogen) atoms. The van der Waals surface area contributed by atoms with Crippen LogP contribution < -0.4 is 5.73 Å². The Bertz CT molecular complexity index is 391. The Hall–Kier alpha value is -1.39. The van der Waals surface area contributed by atoms with Crippen molar-refractivity contribution < 1.29 is 5.11 Å². The first-order valence-corrected chi connectivity index (χ1v) is 4.64. The molecule has 0 bridgehead atoms. The van der Waals surface area contributed by atoms with E-state index in [-0.39, 0.29) is 0 Å². The number of nitrogens with zero attached hydrogens (tertiary/aromatic N) is 1. The zero-order valence-corrected chi connectivity index (χ0v) is 7.77. The van der Waals surface area contributed by atoms with Gasteiger partial charge in [0.1, 0.15) is 11.9 Å². The molecule has 2 rings (SSSR count). The number of aliphatic hydroxyl groups is 1. The Labute approximate surface area is 81.8 Å². The maximum atomic E-state index is 9.65. The number of benzene rings is 1. The van der Waals surface area contributed by atoms with Crippen LogP contribution in [0.5, 0.6) is 0 Å². The summed E-state index contributed by atoms with van der Waals surface area (Å²) < 4.78 is 0. The van der Waals surface area contributed by atoms with Gasteiger partial charge in [-0.1, -0.05) is 12.1 Å². The highest BCUT2D eigenvalue weighted by molar-refractivity contribution is 5.74. The van der Waals surface area contributed by atoms with E-state index in [1.165, 1.54) is 0 Å². The second-order valence-corrected chi connectivity index (χ2v) is 3.23. The highest BCUT2D eigenvalue weighted by Crippen LogP contribution is 2.17. The number of aromatic nitrogens is 2. The molecule has 0 aliphatic carbocycles. The molecule has 0 amide bonds. The van der Waals surface area contributed by atoms with Gasteiger partial charge in [-0.05, 0) is 25.1 Å². The van der Waals surface area contributed by atoms with Crippen LogP contribution in [0.1, 0.15) is 18.3 Å². The van der Waals surface area contributed by atoms with Gasteiger partial charge in [0, 0.05) is 0 Å². The minimum Gasteiger partial charge on any atom is -0.385 e. The minimum atomic E-state index is -0.590. The Balaban J connectivity index is 2.35. The Kier molecular flexibility index (Phi) is 2.47. The van der Waals surface area contributed by atoms with Crippen molar-refractivity contribution in [1.29, 1.82) is 0 Å². The summed E-state index contributed by atoms with van der Waals surface area (Å²) in [4.78, 5) is 7.33. The van der Waals surface area contributed by atoms with E-state index in [0.29, 0.717) is 18.8 Å². The van der Waals surface area contributed by atoms with Crippen LogP contribution >= 0.6 is 0 Å². The summed E-state index contributed by atoms with van der Waals surface area (Å²) in [5.41, 5.74) is 7.18. The summed E-state index contributed by atoms with van der Waals surface area (Å²) in [6.07, 6.45) is -0.0628. The molecule has 4 nitrogen and oxygen atoms in total. The zero-order valence-electron chi connectivity index (χ0n) is 7.77. The van der Waals surface area contributed by atoms with Gasteiger partial charge in [0.15, 0.2) is 0 Å². The van der Waals surface area contributed by atoms with E-state index >= 15 is 0 Å². The molecule has 4 N–H and O–H groups in total. The number of nitrogens with one attached hydrogen (secondary N) is 1. The fourth-order valence-electron chi connectivity index (χ4n) is 1.42. The van der Waals surface area contributed by atoms with Crippen molar-refractivity contribution in [2.45, 2.75) is 12.5 Å². The number of aromatic amines is 1. The van der Waals surface area contributed by atoms with Crippen LogP contribution in [0.25, 0.3) is 11.0 Å². The molecule has 2 aromatic rings. The van der Waals surface area contributed by atoms with Gasteiger partial charge in [0.25, 0.3) is 0 Å². The van der Waals surface area contributed by atoms with Crippen molar-refractivity contribution in [2.24, 2.45) is 5.73 Å². The van der Waals surface area contributed by atoms with Crippen LogP contribution in [0.4, 0.5) is 0 Å². The monoisotopic (exact) mass is 191 g/mol. The van der Waals surface area contributed by atoms with E-state index in [1.807, 2.05) is 24.3 Å². The Morgan fingerprint density at radius 3 is 2.93 bits per heavy atom. The summed E-state index contributed by atoms with van der Waals surface area (Å²) in [6, 6.07) is 7.69. The second-order valence-electron chi connectivity index (χ2n) is 3.23. The fraction of sp³-hybridized carbons (Fsp3) is 0.300. The maximum Gasteiger partial charge on any atom is 0.136 e. The first-order chi connectivity index (χ1) is 6.81. The molecule has 1 unspecified atom stereocenters. The number of nitrogens with two attached hydrogens (primary N) is 1. The molecule has 0 aliphatic heterocycles. The number of imidazole rings is 1. The standard InChI is InChI=1S/C10H13N3O/c11-6-5-9(14)10-12-7-3-1-2-4-8(7)13-10/h1-4,9,14H,5-6,11H2,(H,12,13). The van der Waals surface area contributed by atoms with Crippen LogP contribution in [0, 0.1) is 0 Å². The molecular formula is C10H13N3O. The highest BCUT2D eigenvalue weighted by atomic mass is 16.3. The van der Waals surface area contributed by atoms with E-state index in [4.69, 9.17) is 5.73 Å². The van der Waals surface area contributed by atoms with Gasteiger partial charge in [-0.25, -0.2) is 4.98 Å². The van der Waals surface area contributed by atoms with E-state index in [0.717, 1.165) is 11.0 Å². The quantitative estimate of drug-likeness (QED) is 0.676. The minimum absolute atomic E-state index is 0.457. The lowest BCUT2D eigenvalue weighted by atomic mass is 10.2. The predicted molar refractivity (Wildman–Crippen MR) is 54.7 cm³/mol. The molecule has 74 valence electrons. The molecule has 1 aromatic carbocycles. The van der Waals surface area contributed by atoms with Gasteiger partial charge in [-0.2, -0.15) is 0 Å². The number of fused-ring (bicyclic) bond motifs is 1. The lowest BCUT2D eigenvalue weighted by Crippen LogP contribution is -2.07. The lowest BCUT2D eigenvalue weighted by molar-refractivity contribution is 0.162. The van der Waals surface area contributed by atoms with Gasteiger partial charge in [-0.3, -0.25) is 0 Å². The summed E-state index contributed by atoms with van der Waals surface area (Å²) in [6.45, 7) is 0.457. The third-order valence-corrected chi connectivity index (χ3v) is 2.16. The number of para-hydroxylation sites is 2. The number of hydrogen-bond donors (Lipinski definition) is 3. The normalized spacial score (nSPS) is 13.3. The smallest absolute Gasteiger partial charge is 0.136 e. The van der Waals surface area contributed by atoms with Gasteiger partial charge in [0.05, 0.1) is 11.0 Å². The summed E-state index contributed by atoms with van der Waals surface area (Å²) in [5.74, 6) is 0.594. The van der Waals surface area contributed by atoms with Crippen molar-refractivity contribution in [1.82, 2.24) is 9.97 Å². The van der Waals surface area contributed by atoms with Gasteiger partial charge < -0.3 is 15.8 Å². The molecule has 1 aromatic heterocycles. The number of aliphatic hydroxyl groups excluding tert-OH is 1. The fourth-order valence-corrected chi connectivity index (χ4v) is 1.42. The molecule has 0 saturated heterocycles. The SMILES string of the molecule is NCCC(O)c1nc2ccccc2[nH]1. The topological polar surface area (TPSA) is 74.9 Å². The second kappa shape index (κ2) is 3.77. The van der Waals surface area contributed by atoms with E-state index in [9.17, 15) is 5.11 Å². The summed E-state index contributed by atoms with van der Waals surface area (Å²) >= 11 is 0. The third-order valence-electron chi connectivity index (χ3n) is 2.16. The van der Waals surface area contributed by atoms with E-state index in [1.54, 1.807) is 0 Å². The number of H-pyrrole nitrogens is 1. The largest absolute Gasteiger partial charge is 0.385 e. The third kappa shape index (κ3) is 1.62. The van der Waals surface area contributed by atoms with Crippen LogP contribution in [0.3, 0.4) is 0 Å². The highest BCUT2D eigenvalue weighted by Gasteiger charge is 2.10. The van der Waals surface area contributed by atoms with Crippen molar-refractivity contribution >= 4 is 11.0 Å². The Morgan fingerprint density at radius 2 is 2.21 bits per heavy atom. The molecule has 0 saturated carbocycles. The molecule has 4 heteroatoms. The van der Waals surface area contributed by atoms with Gasteiger partial charge in [0.2, 0.25) is 0 Å². The van der Waals surface area contributed by atoms with Crippen LogP contribution in [-0.2, 0) is 0 Å². The zero-order chi connectivity index (χ0) is 9.97. The number of hydrogen-bond acceptors (Lipinski definition) is 3. The molecule has 1 heterocycles. The first-order valence-electron chi connectivity index (χ1n) is 4.64. The first kappa shape index (κ1) is 9.18. The summed E-state index contributed by atoms with van der Waals surface area (Å²) in [5, 5.41) is 9.65.